The zero-order valence-electron chi connectivity index (χ0n) is 26.1. The number of hydrogen-bond acceptors (Lipinski definition) is 14. The lowest BCUT2D eigenvalue weighted by atomic mass is 10.1. The largest absolute Gasteiger partial charge is 0.462 e. The van der Waals surface area contributed by atoms with Crippen LogP contribution in [0.2, 0.25) is 0 Å². The number of esters is 2. The van der Waals surface area contributed by atoms with Crippen LogP contribution >= 0.6 is 7.60 Å². The minimum atomic E-state index is -3.93. The van der Waals surface area contributed by atoms with Crippen molar-refractivity contribution >= 4 is 36.5 Å². The van der Waals surface area contributed by atoms with Gasteiger partial charge in [0.1, 0.15) is 43.5 Å². The van der Waals surface area contributed by atoms with Crippen molar-refractivity contribution in [1.82, 2.24) is 19.5 Å². The lowest BCUT2D eigenvalue weighted by molar-refractivity contribution is -0.146. The fourth-order valence-electron chi connectivity index (χ4n) is 4.45. The topological polar surface area (TPSA) is 219 Å². The number of benzene rings is 2. The Kier molecular flexibility index (Phi) is 13.3. The molecule has 3 atom stereocenters. The van der Waals surface area contributed by atoms with Crippen molar-refractivity contribution in [3.8, 4) is 0 Å². The van der Waals surface area contributed by atoms with Crippen LogP contribution in [-0.4, -0.2) is 82.4 Å². The van der Waals surface area contributed by atoms with E-state index in [4.69, 9.17) is 40.5 Å². The highest BCUT2D eigenvalue weighted by atomic mass is 31.2. The summed E-state index contributed by atoms with van der Waals surface area (Å²) in [6.07, 6.45) is 2.54. The van der Waals surface area contributed by atoms with Gasteiger partial charge in [-0.15, -0.1) is 0 Å². The Morgan fingerprint density at radius 3 is 1.87 bits per heavy atom. The molecule has 4 rings (SSSR count). The Bertz CT molecular complexity index is 1550. The molecule has 0 spiro atoms. The van der Waals surface area contributed by atoms with E-state index in [1.54, 1.807) is 17.8 Å². The molecule has 0 bridgehead atoms. The molecule has 16 heteroatoms. The van der Waals surface area contributed by atoms with Crippen LogP contribution in [0.4, 0.5) is 5.82 Å². The SMILES string of the molecule is C[C@H](Cn1cnc2c(N)ncnc21)OCP(=O)(OCCOC(=O)[C@@H](N)Cc1ccccc1)OCCOC(=O)[C@@H](N)Cc1ccccc1. The van der Waals surface area contributed by atoms with Gasteiger partial charge >= 0.3 is 19.5 Å². The van der Waals surface area contributed by atoms with Crippen LogP contribution in [0.15, 0.2) is 73.3 Å². The Labute approximate surface area is 272 Å². The molecule has 0 unspecified atom stereocenters. The van der Waals surface area contributed by atoms with Gasteiger partial charge in [-0.3, -0.25) is 14.2 Å². The van der Waals surface area contributed by atoms with E-state index in [9.17, 15) is 14.2 Å². The summed E-state index contributed by atoms with van der Waals surface area (Å²) in [5.41, 5.74) is 20.6. The van der Waals surface area contributed by atoms with Crippen LogP contribution in [0.1, 0.15) is 18.1 Å². The first-order chi connectivity index (χ1) is 22.6. The number of aromatic nitrogens is 4. The lowest BCUT2D eigenvalue weighted by Gasteiger charge is -2.21. The fraction of sp³-hybridized carbons (Fsp3) is 0.387. The first kappa shape index (κ1) is 35.6. The maximum atomic E-state index is 13.7. The molecule has 15 nitrogen and oxygen atoms in total. The Morgan fingerprint density at radius 1 is 0.809 bits per heavy atom. The van der Waals surface area contributed by atoms with Crippen molar-refractivity contribution < 1.29 is 37.4 Å². The van der Waals surface area contributed by atoms with Crippen LogP contribution in [0.3, 0.4) is 0 Å². The molecule has 0 fully saturated rings. The molecule has 2 heterocycles. The summed E-state index contributed by atoms with van der Waals surface area (Å²) >= 11 is 0. The van der Waals surface area contributed by atoms with Crippen molar-refractivity contribution in [2.24, 2.45) is 11.5 Å². The maximum absolute atomic E-state index is 13.7. The van der Waals surface area contributed by atoms with Gasteiger partial charge in [-0.2, -0.15) is 0 Å². The van der Waals surface area contributed by atoms with E-state index < -0.39 is 44.1 Å². The predicted octanol–water partition coefficient (Wildman–Crippen LogP) is 2.22. The van der Waals surface area contributed by atoms with Crippen LogP contribution in [0.5, 0.6) is 0 Å². The van der Waals surface area contributed by atoms with Gasteiger partial charge in [0, 0.05) is 0 Å². The molecule has 0 aliphatic heterocycles. The van der Waals surface area contributed by atoms with E-state index in [1.807, 2.05) is 60.7 Å². The summed E-state index contributed by atoms with van der Waals surface area (Å²) in [6, 6.07) is 16.8. The summed E-state index contributed by atoms with van der Waals surface area (Å²) < 4.78 is 42.8. The standard InChI is InChI=1S/C31H40N7O8P/c1-22(18-38-20-37-27-28(34)35-19-36-29(27)38)44-21-47(41,45-14-12-42-30(39)25(32)16-23-8-4-2-5-9-23)46-15-13-43-31(40)26(33)17-24-10-6-3-7-11-24/h2-11,19-20,22,25-26H,12-18,21,32-33H2,1H3,(H2,34,35,36)/t22-,25+,26+/m1/s1. The number of carbonyl (C=O) groups is 2. The van der Waals surface area contributed by atoms with Crippen molar-refractivity contribution in [3.05, 3.63) is 84.4 Å². The Hall–Kier alpha value is -4.24. The van der Waals surface area contributed by atoms with E-state index in [2.05, 4.69) is 15.0 Å². The van der Waals surface area contributed by atoms with Crippen molar-refractivity contribution in [2.75, 3.05) is 38.5 Å². The van der Waals surface area contributed by atoms with Crippen LogP contribution in [0, 0.1) is 0 Å². The number of ether oxygens (including phenoxy) is 3. The van der Waals surface area contributed by atoms with Gasteiger partial charge in [0.05, 0.1) is 32.2 Å². The average Bonchev–Trinajstić information content (AvgIpc) is 3.48. The molecule has 2 aromatic carbocycles. The lowest BCUT2D eigenvalue weighted by Crippen LogP contribution is -2.35. The number of carbonyl (C=O) groups excluding carboxylic acids is 2. The molecular weight excluding hydrogens is 629 g/mol. The molecule has 0 saturated heterocycles. The molecule has 0 radical (unpaired) electrons. The first-order valence-electron chi connectivity index (χ1n) is 15.0. The van der Waals surface area contributed by atoms with Gasteiger partial charge in [0.25, 0.3) is 0 Å². The molecular formula is C31H40N7O8P. The molecule has 0 aliphatic rings. The summed E-state index contributed by atoms with van der Waals surface area (Å²) in [5.74, 6) is -1.01. The zero-order chi connectivity index (χ0) is 33.6. The third kappa shape index (κ3) is 11.2. The summed E-state index contributed by atoms with van der Waals surface area (Å²) in [6.45, 7) is 1.07. The third-order valence-corrected chi connectivity index (χ3v) is 8.45. The number of fused-ring (bicyclic) bond motifs is 1. The molecule has 0 aliphatic carbocycles. The van der Waals surface area contributed by atoms with E-state index in [0.717, 1.165) is 11.1 Å². The second kappa shape index (κ2) is 17.6. The van der Waals surface area contributed by atoms with Gasteiger partial charge in [0.15, 0.2) is 11.5 Å². The van der Waals surface area contributed by atoms with Crippen LogP contribution in [0.25, 0.3) is 11.2 Å². The summed E-state index contributed by atoms with van der Waals surface area (Å²) in [5, 5.41) is 0. The van der Waals surface area contributed by atoms with Gasteiger partial charge in [-0.1, -0.05) is 60.7 Å². The minimum Gasteiger partial charge on any atom is -0.462 e. The number of rotatable bonds is 19. The Morgan fingerprint density at radius 2 is 1.34 bits per heavy atom. The van der Waals surface area contributed by atoms with Crippen LogP contribution < -0.4 is 17.2 Å². The molecule has 0 amide bonds. The second-order valence-electron chi connectivity index (χ2n) is 10.6. The highest BCUT2D eigenvalue weighted by Gasteiger charge is 2.28. The minimum absolute atomic E-state index is 0.226. The monoisotopic (exact) mass is 669 g/mol. The zero-order valence-corrected chi connectivity index (χ0v) is 26.9. The van der Waals surface area contributed by atoms with E-state index in [0.29, 0.717) is 30.6 Å². The average molecular weight is 670 g/mol. The molecule has 6 N–H and O–H groups in total. The maximum Gasteiger partial charge on any atom is 0.356 e. The molecule has 252 valence electrons. The second-order valence-corrected chi connectivity index (χ2v) is 12.6. The number of hydrogen-bond donors (Lipinski definition) is 3. The van der Waals surface area contributed by atoms with Crippen molar-refractivity contribution in [3.63, 3.8) is 0 Å². The van der Waals surface area contributed by atoms with Crippen molar-refractivity contribution in [1.29, 1.82) is 0 Å². The number of nitrogens with zero attached hydrogens (tertiary/aromatic N) is 4. The smallest absolute Gasteiger partial charge is 0.356 e. The molecule has 0 saturated carbocycles. The highest BCUT2D eigenvalue weighted by molar-refractivity contribution is 7.53. The van der Waals surface area contributed by atoms with E-state index >= 15 is 0 Å². The molecule has 47 heavy (non-hydrogen) atoms. The highest BCUT2D eigenvalue weighted by Crippen LogP contribution is 2.48. The Balaban J connectivity index is 1.28. The van der Waals surface area contributed by atoms with Gasteiger partial charge < -0.3 is 45.0 Å². The van der Waals surface area contributed by atoms with Crippen LogP contribution in [-0.2, 0) is 56.8 Å². The van der Waals surface area contributed by atoms with Gasteiger partial charge in [-0.25, -0.2) is 15.0 Å². The molecule has 2 aromatic heterocycles. The number of imidazole rings is 1. The number of anilines is 1. The third-order valence-electron chi connectivity index (χ3n) is 6.83. The fourth-order valence-corrected chi connectivity index (χ4v) is 5.81. The number of nitrogens with two attached hydrogens (primary N) is 3. The normalized spacial score (nSPS) is 13.6. The van der Waals surface area contributed by atoms with E-state index in [-0.39, 0.29) is 32.2 Å². The van der Waals surface area contributed by atoms with E-state index in [1.165, 1.54) is 6.33 Å². The van der Waals surface area contributed by atoms with Crippen molar-refractivity contribution in [2.45, 2.75) is 44.5 Å². The summed E-state index contributed by atoms with van der Waals surface area (Å²) in [4.78, 5) is 37.1. The van der Waals surface area contributed by atoms with Gasteiger partial charge in [0.2, 0.25) is 0 Å². The summed E-state index contributed by atoms with van der Waals surface area (Å²) in [7, 11) is -3.93. The van der Waals surface area contributed by atoms with Gasteiger partial charge in [-0.05, 0) is 30.9 Å². The quantitative estimate of drug-likeness (QED) is 0.0741. The predicted molar refractivity (Wildman–Crippen MR) is 173 cm³/mol. The first-order valence-corrected chi connectivity index (χ1v) is 16.7. The molecule has 4 aromatic rings. The number of nitrogen functional groups attached to an aromatic ring is 1.